The molecule has 27 heavy (non-hydrogen) atoms. The van der Waals surface area contributed by atoms with Gasteiger partial charge in [0.05, 0.1) is 12.0 Å². The van der Waals surface area contributed by atoms with Crippen molar-refractivity contribution in [2.75, 3.05) is 0 Å². The predicted octanol–water partition coefficient (Wildman–Crippen LogP) is 6.58. The van der Waals surface area contributed by atoms with Gasteiger partial charge in [-0.2, -0.15) is 0 Å². The molecular formula is C23H44O3Si. The van der Waals surface area contributed by atoms with Crippen LogP contribution in [0.3, 0.4) is 0 Å². The van der Waals surface area contributed by atoms with E-state index in [-0.39, 0.29) is 28.6 Å². The molecule has 0 fully saturated rings. The lowest BCUT2D eigenvalue weighted by molar-refractivity contribution is -0.135. The molecule has 0 N–H and O–H groups in total. The summed E-state index contributed by atoms with van der Waals surface area (Å²) in [6.07, 6.45) is 4.66. The van der Waals surface area contributed by atoms with Crippen molar-refractivity contribution in [2.45, 2.75) is 106 Å². The molecular weight excluding hydrogens is 352 g/mol. The second-order valence-corrected chi connectivity index (χ2v) is 14.5. The van der Waals surface area contributed by atoms with Crippen LogP contribution in [0.2, 0.25) is 18.1 Å². The average Bonchev–Trinajstić information content (AvgIpc) is 2.55. The quantitative estimate of drug-likeness (QED) is 0.225. The van der Waals surface area contributed by atoms with Crippen molar-refractivity contribution in [1.29, 1.82) is 0 Å². The fourth-order valence-corrected chi connectivity index (χ4v) is 4.55. The standard InChI is InChI=1S/C23H44O3Si/c1-12-14-16(3)15-17(4)22(26-27(10,11)23(7,8)9)19(6)21(25)18(5)20(24)13-2/h15-16,18-19,22H,12-14H2,1-11H3/b17-15+/t16-,18?,19+,22-/m1/s1. The molecule has 4 atom stereocenters. The van der Waals surface area contributed by atoms with Gasteiger partial charge in [0.1, 0.15) is 11.6 Å². The molecule has 4 heteroatoms. The molecule has 0 saturated carbocycles. The lowest BCUT2D eigenvalue weighted by atomic mass is 9.85. The van der Waals surface area contributed by atoms with Crippen LogP contribution >= 0.6 is 0 Å². The molecule has 3 nitrogen and oxygen atoms in total. The van der Waals surface area contributed by atoms with Crippen molar-refractivity contribution in [3.63, 3.8) is 0 Å². The maximum Gasteiger partial charge on any atom is 0.192 e. The molecule has 158 valence electrons. The van der Waals surface area contributed by atoms with Crippen molar-refractivity contribution in [3.8, 4) is 0 Å². The van der Waals surface area contributed by atoms with Crippen LogP contribution in [0.4, 0.5) is 0 Å². The summed E-state index contributed by atoms with van der Waals surface area (Å²) >= 11 is 0. The molecule has 0 aromatic rings. The van der Waals surface area contributed by atoms with E-state index in [1.165, 1.54) is 0 Å². The molecule has 0 aliphatic rings. The normalized spacial score (nSPS) is 18.0. The second kappa shape index (κ2) is 10.7. The number of carbonyl (C=O) groups is 2. The minimum absolute atomic E-state index is 0.00135. The highest BCUT2D eigenvalue weighted by Gasteiger charge is 2.42. The Morgan fingerprint density at radius 1 is 1.07 bits per heavy atom. The molecule has 0 spiro atoms. The van der Waals surface area contributed by atoms with Gasteiger partial charge in [0, 0.05) is 12.3 Å². The van der Waals surface area contributed by atoms with Crippen LogP contribution in [-0.2, 0) is 14.0 Å². The van der Waals surface area contributed by atoms with Crippen LogP contribution in [0.15, 0.2) is 11.6 Å². The first-order chi connectivity index (χ1) is 12.2. The fraction of sp³-hybridized carbons (Fsp3) is 0.826. The summed E-state index contributed by atoms with van der Waals surface area (Å²) < 4.78 is 6.73. The van der Waals surface area contributed by atoms with Gasteiger partial charge in [0.15, 0.2) is 8.32 Å². The summed E-state index contributed by atoms with van der Waals surface area (Å²) in [6.45, 7) is 23.1. The molecule has 0 amide bonds. The van der Waals surface area contributed by atoms with E-state index in [1.807, 2.05) is 13.8 Å². The van der Waals surface area contributed by atoms with Crippen LogP contribution in [0, 0.1) is 17.8 Å². The van der Waals surface area contributed by atoms with E-state index in [9.17, 15) is 9.59 Å². The zero-order valence-corrected chi connectivity index (χ0v) is 20.7. The van der Waals surface area contributed by atoms with Crippen molar-refractivity contribution in [2.24, 2.45) is 17.8 Å². The summed E-state index contributed by atoms with van der Waals surface area (Å²) in [5.41, 5.74) is 1.12. The van der Waals surface area contributed by atoms with Crippen molar-refractivity contribution in [1.82, 2.24) is 0 Å². The largest absolute Gasteiger partial charge is 0.410 e. The van der Waals surface area contributed by atoms with Gasteiger partial charge in [-0.15, -0.1) is 0 Å². The number of hydrogen-bond donors (Lipinski definition) is 0. The summed E-state index contributed by atoms with van der Waals surface area (Å²) in [5, 5.41) is 0.0637. The van der Waals surface area contributed by atoms with Gasteiger partial charge in [-0.25, -0.2) is 0 Å². The minimum Gasteiger partial charge on any atom is -0.410 e. The maximum atomic E-state index is 13.0. The van der Waals surface area contributed by atoms with E-state index in [4.69, 9.17) is 4.43 Å². The lowest BCUT2D eigenvalue weighted by Gasteiger charge is -2.41. The number of Topliss-reactive ketones (excluding diaryl/α,β-unsaturated/α-hetero) is 2. The Hall–Kier alpha value is -0.743. The Morgan fingerprint density at radius 3 is 2.00 bits per heavy atom. The van der Waals surface area contributed by atoms with Crippen LogP contribution in [0.5, 0.6) is 0 Å². The Morgan fingerprint density at radius 2 is 1.59 bits per heavy atom. The Balaban J connectivity index is 5.84. The topological polar surface area (TPSA) is 43.4 Å². The van der Waals surface area contributed by atoms with E-state index in [0.717, 1.165) is 18.4 Å². The average molecular weight is 397 g/mol. The Bertz CT molecular complexity index is 528. The van der Waals surface area contributed by atoms with Crippen molar-refractivity contribution < 1.29 is 14.0 Å². The first-order valence-corrected chi connectivity index (χ1v) is 13.5. The van der Waals surface area contributed by atoms with Gasteiger partial charge in [0.25, 0.3) is 0 Å². The van der Waals surface area contributed by atoms with Crippen LogP contribution in [0.1, 0.15) is 81.6 Å². The molecule has 1 unspecified atom stereocenters. The van der Waals surface area contributed by atoms with Crippen LogP contribution < -0.4 is 0 Å². The fourth-order valence-electron chi connectivity index (χ4n) is 3.17. The van der Waals surface area contributed by atoms with Gasteiger partial charge in [-0.1, -0.05) is 61.0 Å². The van der Waals surface area contributed by atoms with Gasteiger partial charge < -0.3 is 4.43 Å². The van der Waals surface area contributed by atoms with E-state index in [2.05, 4.69) is 60.7 Å². The number of hydrogen-bond acceptors (Lipinski definition) is 3. The van der Waals surface area contributed by atoms with E-state index in [1.54, 1.807) is 6.92 Å². The summed E-state index contributed by atoms with van der Waals surface area (Å²) in [5.74, 6) is -0.413. The minimum atomic E-state index is -2.06. The molecule has 0 heterocycles. The van der Waals surface area contributed by atoms with Crippen molar-refractivity contribution >= 4 is 19.9 Å². The first-order valence-electron chi connectivity index (χ1n) is 10.6. The zero-order chi connectivity index (χ0) is 21.6. The Labute approximate surface area is 169 Å². The molecule has 0 aliphatic carbocycles. The van der Waals surface area contributed by atoms with Crippen LogP contribution in [-0.4, -0.2) is 26.0 Å². The Kier molecular flexibility index (Phi) is 10.4. The van der Waals surface area contributed by atoms with Gasteiger partial charge in [0.2, 0.25) is 0 Å². The number of allylic oxidation sites excluding steroid dienone is 1. The highest BCUT2D eigenvalue weighted by molar-refractivity contribution is 6.74. The summed E-state index contributed by atoms with van der Waals surface area (Å²) in [7, 11) is -2.06. The third-order valence-electron chi connectivity index (χ3n) is 6.13. The summed E-state index contributed by atoms with van der Waals surface area (Å²) in [6, 6.07) is 0. The first kappa shape index (κ1) is 26.3. The highest BCUT2D eigenvalue weighted by Crippen LogP contribution is 2.39. The zero-order valence-electron chi connectivity index (χ0n) is 19.7. The highest BCUT2D eigenvalue weighted by atomic mass is 28.4. The second-order valence-electron chi connectivity index (χ2n) is 9.71. The lowest BCUT2D eigenvalue weighted by Crippen LogP contribution is -2.47. The monoisotopic (exact) mass is 396 g/mol. The molecule has 0 radical (unpaired) electrons. The SMILES string of the molecule is CCC[C@@H](C)/C=C(\C)[C@@H](O[Si](C)(C)C(C)(C)C)[C@@H](C)C(=O)C(C)C(=O)CC. The van der Waals surface area contributed by atoms with E-state index < -0.39 is 14.2 Å². The molecule has 0 saturated heterocycles. The van der Waals surface area contributed by atoms with E-state index in [0.29, 0.717) is 12.3 Å². The molecule has 0 bridgehead atoms. The van der Waals surface area contributed by atoms with E-state index >= 15 is 0 Å². The van der Waals surface area contributed by atoms with Crippen LogP contribution in [0.25, 0.3) is 0 Å². The predicted molar refractivity (Wildman–Crippen MR) is 119 cm³/mol. The van der Waals surface area contributed by atoms with Crippen molar-refractivity contribution in [3.05, 3.63) is 11.6 Å². The molecule has 0 aromatic carbocycles. The third-order valence-corrected chi connectivity index (χ3v) is 10.6. The molecule has 0 rings (SSSR count). The number of carbonyl (C=O) groups excluding carboxylic acids is 2. The molecule has 0 aromatic heterocycles. The molecule has 0 aliphatic heterocycles. The number of rotatable bonds is 11. The maximum absolute atomic E-state index is 13.0. The van der Waals surface area contributed by atoms with Gasteiger partial charge in [-0.3, -0.25) is 9.59 Å². The summed E-state index contributed by atoms with van der Waals surface area (Å²) in [4.78, 5) is 25.1. The van der Waals surface area contributed by atoms with Gasteiger partial charge in [-0.05, 0) is 49.9 Å². The third kappa shape index (κ3) is 7.65. The number of ketones is 2. The smallest absolute Gasteiger partial charge is 0.192 e. The van der Waals surface area contributed by atoms with Gasteiger partial charge >= 0.3 is 0 Å².